The highest BCUT2D eigenvalue weighted by Crippen LogP contribution is 2.60. The Hall–Kier alpha value is -2.38. The van der Waals surface area contributed by atoms with Gasteiger partial charge in [0.05, 0.1) is 23.5 Å². The molecule has 8 nitrogen and oxygen atoms in total. The van der Waals surface area contributed by atoms with Crippen molar-refractivity contribution in [2.75, 3.05) is 11.9 Å². The maximum atomic E-state index is 12.9. The molecule has 0 spiro atoms. The van der Waals surface area contributed by atoms with Gasteiger partial charge in [-0.15, -0.1) is 0 Å². The first-order valence-electron chi connectivity index (χ1n) is 11.5. The van der Waals surface area contributed by atoms with Crippen molar-refractivity contribution in [2.45, 2.75) is 71.8 Å². The number of anilines is 1. The molecule has 1 heterocycles. The number of carbonyl (C=O) groups excluding carboxylic acids is 3. The largest absolute Gasteiger partial charge is 0.452 e. The summed E-state index contributed by atoms with van der Waals surface area (Å²) >= 11 is 0. The van der Waals surface area contributed by atoms with Crippen LogP contribution in [0.2, 0.25) is 0 Å². The predicted molar refractivity (Wildman–Crippen MR) is 115 cm³/mol. The minimum Gasteiger partial charge on any atom is -0.452 e. The zero-order chi connectivity index (χ0) is 22.3. The van der Waals surface area contributed by atoms with Gasteiger partial charge in [0, 0.05) is 19.0 Å². The van der Waals surface area contributed by atoms with E-state index in [1.807, 2.05) is 13.8 Å². The highest BCUT2D eigenvalue weighted by atomic mass is 16.5. The lowest BCUT2D eigenvalue weighted by Crippen LogP contribution is -2.53. The van der Waals surface area contributed by atoms with E-state index in [-0.39, 0.29) is 24.3 Å². The first kappa shape index (κ1) is 21.8. The third-order valence-electron chi connectivity index (χ3n) is 7.57. The summed E-state index contributed by atoms with van der Waals surface area (Å²) in [6, 6.07) is 0. The van der Waals surface area contributed by atoms with Gasteiger partial charge in [-0.25, -0.2) is 0 Å². The Bertz CT molecular complexity index is 855. The van der Waals surface area contributed by atoms with Crippen LogP contribution in [0.4, 0.5) is 5.69 Å². The van der Waals surface area contributed by atoms with Gasteiger partial charge in [0.25, 0.3) is 5.91 Å². The van der Waals surface area contributed by atoms with Gasteiger partial charge in [-0.05, 0) is 77.0 Å². The Balaban J connectivity index is 1.22. The molecule has 0 aromatic carbocycles. The maximum Gasteiger partial charge on any atom is 0.308 e. The Morgan fingerprint density at radius 2 is 1.71 bits per heavy atom. The van der Waals surface area contributed by atoms with Crippen molar-refractivity contribution in [2.24, 2.45) is 30.2 Å². The number of amides is 2. The Morgan fingerprint density at radius 3 is 2.23 bits per heavy atom. The molecule has 0 aliphatic heterocycles. The lowest BCUT2D eigenvalue weighted by molar-refractivity contribution is -0.153. The van der Waals surface area contributed by atoms with Crippen LogP contribution in [0, 0.1) is 37.0 Å². The van der Waals surface area contributed by atoms with E-state index in [0.29, 0.717) is 29.1 Å². The average Bonchev–Trinajstić information content (AvgIpc) is 2.92. The molecule has 1 aromatic rings. The summed E-state index contributed by atoms with van der Waals surface area (Å²) in [5, 5.41) is 10.0. The molecule has 1 atom stereocenters. The monoisotopic (exact) mass is 430 g/mol. The number of nitrogens with zero attached hydrogens (tertiary/aromatic N) is 2. The van der Waals surface area contributed by atoms with Crippen LogP contribution in [0.3, 0.4) is 0 Å². The van der Waals surface area contributed by atoms with Crippen LogP contribution in [-0.2, 0) is 26.2 Å². The van der Waals surface area contributed by atoms with Crippen LogP contribution in [0.5, 0.6) is 0 Å². The standard InChI is InChI=1S/C23H34N4O4/c1-13-20(14(2)27(4)26-13)25-21(29)15(3)31-19(28)5-6-24-22(30)23-10-16-7-17(11-23)9-18(8-16)12-23/h15-18H,5-12H2,1-4H3,(H,24,30)(H,25,29)/t15-,16?,17?,18?,23?/m0/s1. The van der Waals surface area contributed by atoms with Crippen molar-refractivity contribution >= 4 is 23.5 Å². The number of carbonyl (C=O) groups is 3. The summed E-state index contributed by atoms with van der Waals surface area (Å²) in [5.74, 6) is 1.32. The third kappa shape index (κ3) is 4.34. The lowest BCUT2D eigenvalue weighted by atomic mass is 9.49. The predicted octanol–water partition coefficient (Wildman–Crippen LogP) is 2.63. The molecule has 170 valence electrons. The summed E-state index contributed by atoms with van der Waals surface area (Å²) in [7, 11) is 1.80. The topological polar surface area (TPSA) is 102 Å². The molecule has 4 aliphatic rings. The van der Waals surface area contributed by atoms with Crippen LogP contribution < -0.4 is 10.6 Å². The molecule has 2 amide bonds. The first-order chi connectivity index (χ1) is 14.7. The van der Waals surface area contributed by atoms with Crippen LogP contribution in [0.25, 0.3) is 0 Å². The Kier molecular flexibility index (Phi) is 5.83. The molecule has 4 fully saturated rings. The van der Waals surface area contributed by atoms with Crippen molar-refractivity contribution in [1.82, 2.24) is 15.1 Å². The summed E-state index contributed by atoms with van der Waals surface area (Å²) in [6.45, 7) is 5.46. The van der Waals surface area contributed by atoms with Crippen molar-refractivity contribution in [3.05, 3.63) is 11.4 Å². The SMILES string of the molecule is Cc1nn(C)c(C)c1NC(=O)[C@H](C)OC(=O)CCNC(=O)C12CC3CC(CC(C3)C1)C2. The van der Waals surface area contributed by atoms with E-state index in [4.69, 9.17) is 4.74 Å². The fourth-order valence-electron chi connectivity index (χ4n) is 6.34. The van der Waals surface area contributed by atoms with Gasteiger partial charge in [0.15, 0.2) is 6.10 Å². The number of hydrogen-bond donors (Lipinski definition) is 2. The van der Waals surface area contributed by atoms with E-state index >= 15 is 0 Å². The Morgan fingerprint density at radius 1 is 1.13 bits per heavy atom. The third-order valence-corrected chi connectivity index (χ3v) is 7.57. The van der Waals surface area contributed by atoms with E-state index in [1.165, 1.54) is 19.3 Å². The second-order valence-corrected chi connectivity index (χ2v) is 9.99. The normalized spacial score (nSPS) is 29.5. The second kappa shape index (κ2) is 8.28. The van der Waals surface area contributed by atoms with Gasteiger partial charge in [-0.3, -0.25) is 19.1 Å². The van der Waals surface area contributed by atoms with Crippen LogP contribution >= 0.6 is 0 Å². The van der Waals surface area contributed by atoms with Crippen molar-refractivity contribution in [3.63, 3.8) is 0 Å². The molecule has 0 saturated heterocycles. The number of aryl methyl sites for hydroxylation is 2. The van der Waals surface area contributed by atoms with E-state index < -0.39 is 18.0 Å². The van der Waals surface area contributed by atoms with E-state index in [0.717, 1.165) is 25.0 Å². The number of aromatic nitrogens is 2. The van der Waals surface area contributed by atoms with Crippen molar-refractivity contribution in [1.29, 1.82) is 0 Å². The second-order valence-electron chi connectivity index (χ2n) is 9.99. The number of hydrogen-bond acceptors (Lipinski definition) is 5. The van der Waals surface area contributed by atoms with Gasteiger partial charge in [-0.1, -0.05) is 0 Å². The quantitative estimate of drug-likeness (QED) is 0.648. The first-order valence-corrected chi connectivity index (χ1v) is 11.5. The summed E-state index contributed by atoms with van der Waals surface area (Å²) in [6.07, 6.45) is 6.00. The summed E-state index contributed by atoms with van der Waals surface area (Å²) < 4.78 is 6.96. The molecule has 0 unspecified atom stereocenters. The minimum atomic E-state index is -0.926. The molecule has 4 aliphatic carbocycles. The van der Waals surface area contributed by atoms with Crippen LogP contribution in [0.15, 0.2) is 0 Å². The average molecular weight is 431 g/mol. The van der Waals surface area contributed by atoms with E-state index in [1.54, 1.807) is 18.7 Å². The molecule has 0 radical (unpaired) electrons. The molecule has 4 bridgehead atoms. The zero-order valence-corrected chi connectivity index (χ0v) is 19.0. The maximum absolute atomic E-state index is 12.9. The van der Waals surface area contributed by atoms with Gasteiger partial charge in [0.2, 0.25) is 5.91 Å². The van der Waals surface area contributed by atoms with Crippen molar-refractivity contribution < 1.29 is 19.1 Å². The molecule has 5 rings (SSSR count). The van der Waals surface area contributed by atoms with E-state index in [9.17, 15) is 14.4 Å². The fourth-order valence-corrected chi connectivity index (χ4v) is 6.34. The molecule has 2 N–H and O–H groups in total. The molecule has 31 heavy (non-hydrogen) atoms. The van der Waals surface area contributed by atoms with E-state index in [2.05, 4.69) is 15.7 Å². The van der Waals surface area contributed by atoms with Gasteiger partial charge < -0.3 is 15.4 Å². The van der Waals surface area contributed by atoms with Gasteiger partial charge in [-0.2, -0.15) is 5.10 Å². The zero-order valence-electron chi connectivity index (χ0n) is 19.0. The van der Waals surface area contributed by atoms with Gasteiger partial charge in [0.1, 0.15) is 0 Å². The molecule has 8 heteroatoms. The summed E-state index contributed by atoms with van der Waals surface area (Å²) in [5.41, 5.74) is 1.96. The van der Waals surface area contributed by atoms with Crippen LogP contribution in [-0.4, -0.2) is 40.2 Å². The smallest absolute Gasteiger partial charge is 0.308 e. The highest BCUT2D eigenvalue weighted by molar-refractivity contribution is 5.96. The molecular formula is C23H34N4O4. The molecule has 1 aromatic heterocycles. The van der Waals surface area contributed by atoms with Gasteiger partial charge >= 0.3 is 5.97 Å². The Labute approximate surface area is 183 Å². The molecular weight excluding hydrogens is 396 g/mol. The number of ether oxygens (including phenoxy) is 1. The number of rotatable bonds is 7. The molecule has 4 saturated carbocycles. The highest BCUT2D eigenvalue weighted by Gasteiger charge is 2.54. The number of esters is 1. The van der Waals surface area contributed by atoms with Crippen molar-refractivity contribution in [3.8, 4) is 0 Å². The summed E-state index contributed by atoms with van der Waals surface area (Å²) in [4.78, 5) is 37.6. The van der Waals surface area contributed by atoms with Crippen LogP contribution in [0.1, 0.15) is 63.3 Å². The lowest BCUT2D eigenvalue weighted by Gasteiger charge is -2.55. The fraction of sp³-hybridized carbons (Fsp3) is 0.739. The number of nitrogens with one attached hydrogen (secondary N) is 2. The minimum absolute atomic E-state index is 0.0562.